The molecular formula is C48H46N2. The molecule has 0 radical (unpaired) electrons. The van der Waals surface area contributed by atoms with Crippen LogP contribution in [0.3, 0.4) is 0 Å². The monoisotopic (exact) mass is 650 g/mol. The van der Waals surface area contributed by atoms with Crippen molar-refractivity contribution < 1.29 is 0 Å². The second-order valence-corrected chi connectivity index (χ2v) is 15.8. The molecule has 0 spiro atoms. The first-order valence-corrected chi connectivity index (χ1v) is 18.0. The Morgan fingerprint density at radius 3 is 1.46 bits per heavy atom. The van der Waals surface area contributed by atoms with Crippen LogP contribution in [0.15, 0.2) is 140 Å². The molecule has 0 atom stereocenters. The van der Waals surface area contributed by atoms with Gasteiger partial charge in [-0.15, -0.1) is 0 Å². The molecule has 0 unspecified atom stereocenters. The van der Waals surface area contributed by atoms with Gasteiger partial charge in [0, 0.05) is 34.6 Å². The maximum atomic E-state index is 2.48. The van der Waals surface area contributed by atoms with Crippen LogP contribution in [0.25, 0.3) is 61.7 Å². The summed E-state index contributed by atoms with van der Waals surface area (Å²) in [6.07, 6.45) is 11.5. The van der Waals surface area contributed by atoms with Gasteiger partial charge in [0.2, 0.25) is 0 Å². The third kappa shape index (κ3) is 5.44. The minimum Gasteiger partial charge on any atom is -0.319 e. The number of para-hydroxylation sites is 3. The number of hydrogen-bond acceptors (Lipinski definition) is 0. The number of allylic oxidation sites excluding steroid dienone is 1. The van der Waals surface area contributed by atoms with Crippen molar-refractivity contribution in [2.24, 2.45) is 0 Å². The Balaban J connectivity index is 1.32. The summed E-state index contributed by atoms with van der Waals surface area (Å²) in [6.45, 7) is 13.9. The molecular weight excluding hydrogens is 605 g/mol. The van der Waals surface area contributed by atoms with E-state index in [9.17, 15) is 0 Å². The molecule has 5 aromatic carbocycles. The first-order valence-electron chi connectivity index (χ1n) is 18.0. The molecule has 50 heavy (non-hydrogen) atoms. The molecule has 0 aliphatic heterocycles. The summed E-state index contributed by atoms with van der Waals surface area (Å²) in [5, 5.41) is 1.31. The Morgan fingerprint density at radius 2 is 0.900 bits per heavy atom. The quantitative estimate of drug-likeness (QED) is 0.175. The van der Waals surface area contributed by atoms with Crippen LogP contribution < -0.4 is 0 Å². The number of nitrogens with zero attached hydrogens (tertiary/aromatic N) is 2. The zero-order valence-electron chi connectivity index (χ0n) is 30.2. The lowest BCUT2D eigenvalue weighted by Crippen LogP contribution is -2.11. The molecule has 7 aromatic rings. The zero-order chi connectivity index (χ0) is 34.6. The second-order valence-electron chi connectivity index (χ2n) is 15.8. The second kappa shape index (κ2) is 12.2. The van der Waals surface area contributed by atoms with E-state index < -0.39 is 0 Å². The summed E-state index contributed by atoms with van der Waals surface area (Å²) in [4.78, 5) is 0. The summed E-state index contributed by atoms with van der Waals surface area (Å²) in [6, 6.07) is 44.5. The fraction of sp³-hybridized carbons (Fsp3) is 0.208. The molecule has 2 aromatic heterocycles. The van der Waals surface area contributed by atoms with Gasteiger partial charge >= 0.3 is 0 Å². The SMILES string of the molecule is CC(C)(C)c1cn(-c2ccccc2-c2ccccc2-c2ccccc2-c2ccccc2-n2cc(C(C)(C)C)c3ccccc32)c2c1C=CCC2. The van der Waals surface area contributed by atoms with Crippen LogP contribution >= 0.6 is 0 Å². The normalized spacial score (nSPS) is 13.2. The van der Waals surface area contributed by atoms with Crippen molar-refractivity contribution in [3.63, 3.8) is 0 Å². The maximum absolute atomic E-state index is 2.48. The Labute approximate surface area is 297 Å². The highest BCUT2D eigenvalue weighted by Gasteiger charge is 2.27. The molecule has 0 fully saturated rings. The maximum Gasteiger partial charge on any atom is 0.0534 e. The predicted octanol–water partition coefficient (Wildman–Crippen LogP) is 13.0. The number of benzene rings is 5. The molecule has 1 aliphatic rings. The Bertz CT molecular complexity index is 2400. The van der Waals surface area contributed by atoms with Gasteiger partial charge in [0.25, 0.3) is 0 Å². The van der Waals surface area contributed by atoms with E-state index >= 15 is 0 Å². The van der Waals surface area contributed by atoms with Crippen molar-refractivity contribution in [1.29, 1.82) is 0 Å². The van der Waals surface area contributed by atoms with Gasteiger partial charge < -0.3 is 9.13 Å². The highest BCUT2D eigenvalue weighted by atomic mass is 15.0. The molecule has 0 N–H and O–H groups in total. The molecule has 0 saturated carbocycles. The molecule has 248 valence electrons. The molecule has 2 nitrogen and oxygen atoms in total. The highest BCUT2D eigenvalue weighted by molar-refractivity contribution is 5.96. The van der Waals surface area contributed by atoms with Gasteiger partial charge in [-0.3, -0.25) is 0 Å². The van der Waals surface area contributed by atoms with Gasteiger partial charge in [-0.1, -0.05) is 157 Å². The van der Waals surface area contributed by atoms with Gasteiger partial charge in [-0.05, 0) is 80.8 Å². The minimum atomic E-state index is 0.0208. The van der Waals surface area contributed by atoms with Gasteiger partial charge in [0.05, 0.1) is 16.9 Å². The van der Waals surface area contributed by atoms with Crippen LogP contribution in [-0.2, 0) is 17.3 Å². The summed E-state index contributed by atoms with van der Waals surface area (Å²) in [5.41, 5.74) is 16.7. The predicted molar refractivity (Wildman–Crippen MR) is 214 cm³/mol. The first-order chi connectivity index (χ1) is 24.1. The molecule has 2 heteroatoms. The van der Waals surface area contributed by atoms with Crippen molar-refractivity contribution >= 4 is 17.0 Å². The topological polar surface area (TPSA) is 9.86 Å². The van der Waals surface area contributed by atoms with Crippen molar-refractivity contribution in [3.8, 4) is 44.8 Å². The average Bonchev–Trinajstić information content (AvgIpc) is 3.72. The van der Waals surface area contributed by atoms with Crippen LogP contribution in [0.2, 0.25) is 0 Å². The molecule has 0 amide bonds. The smallest absolute Gasteiger partial charge is 0.0534 e. The summed E-state index contributed by atoms with van der Waals surface area (Å²) >= 11 is 0. The molecule has 2 heterocycles. The summed E-state index contributed by atoms with van der Waals surface area (Å²) in [7, 11) is 0. The van der Waals surface area contributed by atoms with Crippen molar-refractivity contribution in [3.05, 3.63) is 162 Å². The lowest BCUT2D eigenvalue weighted by Gasteiger charge is -2.20. The fourth-order valence-corrected chi connectivity index (χ4v) is 7.94. The first kappa shape index (κ1) is 31.9. The summed E-state index contributed by atoms with van der Waals surface area (Å²) in [5.74, 6) is 0. The number of rotatable bonds is 5. The van der Waals surface area contributed by atoms with E-state index in [0.717, 1.165) is 12.8 Å². The lowest BCUT2D eigenvalue weighted by molar-refractivity contribution is 0.589. The van der Waals surface area contributed by atoms with E-state index in [2.05, 4.69) is 197 Å². The van der Waals surface area contributed by atoms with E-state index in [1.807, 2.05) is 0 Å². The number of aromatic nitrogens is 2. The Kier molecular flexibility index (Phi) is 7.79. The standard InChI is InChI=1S/C48H46N2/c1-47(2,3)41-31-49(45-29-17-13-25-39(41)45)43-27-15-11-23-37(43)35-21-9-7-19-33(35)34-20-8-10-22-36(34)38-24-12-16-28-44(38)50-32-42(48(4,5)6)40-26-14-18-30-46(40)50/h7-17,19-29,31-32H,18,30H2,1-6H3. The van der Waals surface area contributed by atoms with E-state index in [4.69, 9.17) is 0 Å². The largest absolute Gasteiger partial charge is 0.319 e. The van der Waals surface area contributed by atoms with Crippen LogP contribution in [0.4, 0.5) is 0 Å². The van der Waals surface area contributed by atoms with E-state index in [-0.39, 0.29) is 10.8 Å². The van der Waals surface area contributed by atoms with Crippen LogP contribution in [-0.4, -0.2) is 9.13 Å². The third-order valence-electron chi connectivity index (χ3n) is 10.4. The molecule has 8 rings (SSSR count). The van der Waals surface area contributed by atoms with E-state index in [0.29, 0.717) is 0 Å². The van der Waals surface area contributed by atoms with Crippen molar-refractivity contribution in [1.82, 2.24) is 9.13 Å². The molecule has 1 aliphatic carbocycles. The van der Waals surface area contributed by atoms with Gasteiger partial charge in [0.15, 0.2) is 0 Å². The van der Waals surface area contributed by atoms with E-state index in [1.54, 1.807) is 0 Å². The van der Waals surface area contributed by atoms with Crippen molar-refractivity contribution in [2.45, 2.75) is 65.2 Å². The Morgan fingerprint density at radius 1 is 0.460 bits per heavy atom. The third-order valence-corrected chi connectivity index (χ3v) is 10.4. The fourth-order valence-electron chi connectivity index (χ4n) is 7.94. The highest BCUT2D eigenvalue weighted by Crippen LogP contribution is 2.44. The minimum absolute atomic E-state index is 0.0208. The number of fused-ring (bicyclic) bond motifs is 2. The number of hydrogen-bond donors (Lipinski definition) is 0. The average molecular weight is 651 g/mol. The molecule has 0 saturated heterocycles. The Hall–Kier alpha value is -5.34. The molecule has 0 bridgehead atoms. The van der Waals surface area contributed by atoms with Gasteiger partial charge in [0.1, 0.15) is 0 Å². The van der Waals surface area contributed by atoms with Crippen LogP contribution in [0.1, 0.15) is 70.3 Å². The summed E-state index contributed by atoms with van der Waals surface area (Å²) < 4.78 is 4.89. The van der Waals surface area contributed by atoms with E-state index in [1.165, 1.54) is 78.0 Å². The van der Waals surface area contributed by atoms with Gasteiger partial charge in [-0.2, -0.15) is 0 Å². The van der Waals surface area contributed by atoms with Crippen LogP contribution in [0, 0.1) is 0 Å². The van der Waals surface area contributed by atoms with Gasteiger partial charge in [-0.25, -0.2) is 0 Å². The lowest BCUT2D eigenvalue weighted by atomic mass is 9.84. The zero-order valence-corrected chi connectivity index (χ0v) is 30.2. The van der Waals surface area contributed by atoms with Crippen molar-refractivity contribution in [2.75, 3.05) is 0 Å². The van der Waals surface area contributed by atoms with Crippen LogP contribution in [0.5, 0.6) is 0 Å².